The van der Waals surface area contributed by atoms with Crippen molar-refractivity contribution in [3.05, 3.63) is 35.9 Å². The second-order valence-corrected chi connectivity index (χ2v) is 6.28. The maximum atomic E-state index is 3.36. The molecule has 0 bridgehead atoms. The van der Waals surface area contributed by atoms with Crippen LogP contribution in [0.3, 0.4) is 0 Å². The average Bonchev–Trinajstić information content (AvgIpc) is 2.45. The van der Waals surface area contributed by atoms with Crippen LogP contribution in [0.5, 0.6) is 0 Å². The Balaban J connectivity index is 2.69. The molecule has 0 amide bonds. The molecule has 1 rings (SSSR count). The Morgan fingerprint density at radius 3 is 2.20 bits per heavy atom. The number of hydrogen-bond acceptors (Lipinski definition) is 2. The van der Waals surface area contributed by atoms with Gasteiger partial charge in [-0.15, -0.1) is 0 Å². The van der Waals surface area contributed by atoms with Crippen LogP contribution in [0.4, 0.5) is 0 Å². The zero-order chi connectivity index (χ0) is 15.0. The molecule has 2 heteroatoms. The van der Waals surface area contributed by atoms with E-state index >= 15 is 0 Å². The number of hydrogen-bond donors (Lipinski definition) is 1. The second kappa shape index (κ2) is 9.15. The third kappa shape index (κ3) is 6.06. The molecule has 0 aliphatic heterocycles. The zero-order valence-electron chi connectivity index (χ0n) is 13.9. The Kier molecular flexibility index (Phi) is 7.86. The lowest BCUT2D eigenvalue weighted by Crippen LogP contribution is -2.40. The normalized spacial score (nSPS) is 14.8. The van der Waals surface area contributed by atoms with E-state index < -0.39 is 0 Å². The molecule has 1 aromatic carbocycles. The van der Waals surface area contributed by atoms with Gasteiger partial charge >= 0.3 is 0 Å². The molecule has 0 aromatic heterocycles. The topological polar surface area (TPSA) is 15.3 Å². The summed E-state index contributed by atoms with van der Waals surface area (Å²) >= 11 is 0. The van der Waals surface area contributed by atoms with Crippen molar-refractivity contribution in [2.45, 2.75) is 46.7 Å². The Morgan fingerprint density at radius 2 is 1.70 bits per heavy atom. The van der Waals surface area contributed by atoms with Gasteiger partial charge in [-0.1, -0.05) is 57.5 Å². The predicted molar refractivity (Wildman–Crippen MR) is 88.9 cm³/mol. The molecule has 1 aromatic rings. The van der Waals surface area contributed by atoms with E-state index in [-0.39, 0.29) is 0 Å². The Hall–Kier alpha value is -0.860. The van der Waals surface area contributed by atoms with Gasteiger partial charge < -0.3 is 5.32 Å². The van der Waals surface area contributed by atoms with Crippen LogP contribution >= 0.6 is 0 Å². The van der Waals surface area contributed by atoms with Gasteiger partial charge in [0.25, 0.3) is 0 Å². The van der Waals surface area contributed by atoms with Gasteiger partial charge in [-0.25, -0.2) is 0 Å². The molecular weight excluding hydrogens is 244 g/mol. The maximum absolute atomic E-state index is 3.36. The van der Waals surface area contributed by atoms with Crippen molar-refractivity contribution in [2.24, 2.45) is 11.8 Å². The molecule has 0 radical (unpaired) electrons. The molecule has 0 fully saturated rings. The highest BCUT2D eigenvalue weighted by atomic mass is 15.1. The summed E-state index contributed by atoms with van der Waals surface area (Å²) in [6, 6.07) is 11.3. The molecule has 0 aliphatic carbocycles. The largest absolute Gasteiger partial charge is 0.316 e. The molecule has 2 nitrogen and oxygen atoms in total. The van der Waals surface area contributed by atoms with Gasteiger partial charge in [0.05, 0.1) is 0 Å². The van der Waals surface area contributed by atoms with E-state index in [4.69, 9.17) is 0 Å². The van der Waals surface area contributed by atoms with E-state index in [0.717, 1.165) is 24.9 Å². The molecular formula is C18H32N2. The number of likely N-dealkylation sites (N-methyl/N-ethyl adjacent to an activating group) is 1. The van der Waals surface area contributed by atoms with Crippen molar-refractivity contribution in [2.75, 3.05) is 20.1 Å². The van der Waals surface area contributed by atoms with Crippen LogP contribution in [-0.2, 0) is 6.54 Å². The standard InChI is InChI=1S/C18H32N2/c1-6-18(15(2)3)14-20(12-16(4)19-5)13-17-10-8-7-9-11-17/h7-11,15-16,18-19H,6,12-14H2,1-5H3/t16?,18-/m0/s1. The molecule has 1 N–H and O–H groups in total. The lowest BCUT2D eigenvalue weighted by atomic mass is 9.92. The van der Waals surface area contributed by atoms with Gasteiger partial charge in [0, 0.05) is 25.7 Å². The fourth-order valence-electron chi connectivity index (χ4n) is 2.67. The zero-order valence-corrected chi connectivity index (χ0v) is 13.9. The summed E-state index contributed by atoms with van der Waals surface area (Å²) in [7, 11) is 2.05. The van der Waals surface area contributed by atoms with Crippen LogP contribution < -0.4 is 5.32 Å². The number of nitrogens with one attached hydrogen (secondary N) is 1. The first-order valence-electron chi connectivity index (χ1n) is 8.00. The van der Waals surface area contributed by atoms with Crippen molar-refractivity contribution in [1.82, 2.24) is 10.2 Å². The molecule has 0 heterocycles. The third-order valence-electron chi connectivity index (χ3n) is 4.23. The first kappa shape index (κ1) is 17.2. The van der Waals surface area contributed by atoms with Gasteiger partial charge in [-0.05, 0) is 31.4 Å². The predicted octanol–water partition coefficient (Wildman–Crippen LogP) is 3.78. The summed E-state index contributed by atoms with van der Waals surface area (Å²) < 4.78 is 0. The summed E-state index contributed by atoms with van der Waals surface area (Å²) in [6.07, 6.45) is 1.26. The summed E-state index contributed by atoms with van der Waals surface area (Å²) in [4.78, 5) is 2.60. The van der Waals surface area contributed by atoms with Crippen molar-refractivity contribution in [3.63, 3.8) is 0 Å². The van der Waals surface area contributed by atoms with E-state index in [1.54, 1.807) is 0 Å². The SMILES string of the molecule is CC[C@@H](CN(Cc1ccccc1)CC(C)NC)C(C)C. The monoisotopic (exact) mass is 276 g/mol. The first-order chi connectivity index (χ1) is 9.56. The minimum atomic E-state index is 0.531. The highest BCUT2D eigenvalue weighted by molar-refractivity contribution is 5.14. The van der Waals surface area contributed by atoms with Crippen molar-refractivity contribution in [3.8, 4) is 0 Å². The van der Waals surface area contributed by atoms with E-state index in [1.807, 2.05) is 7.05 Å². The lowest BCUT2D eigenvalue weighted by molar-refractivity contribution is 0.178. The van der Waals surface area contributed by atoms with Crippen LogP contribution in [0.15, 0.2) is 30.3 Å². The van der Waals surface area contributed by atoms with Crippen LogP contribution in [0.1, 0.15) is 39.7 Å². The van der Waals surface area contributed by atoms with Crippen molar-refractivity contribution >= 4 is 0 Å². The molecule has 114 valence electrons. The van der Waals surface area contributed by atoms with Crippen LogP contribution in [-0.4, -0.2) is 31.1 Å². The van der Waals surface area contributed by atoms with Crippen LogP contribution in [0.2, 0.25) is 0 Å². The lowest BCUT2D eigenvalue weighted by Gasteiger charge is -2.31. The van der Waals surface area contributed by atoms with Gasteiger partial charge in [0.2, 0.25) is 0 Å². The number of benzene rings is 1. The van der Waals surface area contributed by atoms with Crippen molar-refractivity contribution < 1.29 is 0 Å². The molecule has 0 aliphatic rings. The minimum Gasteiger partial charge on any atom is -0.316 e. The first-order valence-corrected chi connectivity index (χ1v) is 8.00. The molecule has 1 unspecified atom stereocenters. The average molecular weight is 276 g/mol. The second-order valence-electron chi connectivity index (χ2n) is 6.28. The van der Waals surface area contributed by atoms with E-state index in [2.05, 4.69) is 68.2 Å². The number of rotatable bonds is 9. The Labute approximate surface area is 125 Å². The van der Waals surface area contributed by atoms with Gasteiger partial charge in [0.15, 0.2) is 0 Å². The fourth-order valence-corrected chi connectivity index (χ4v) is 2.67. The molecule has 20 heavy (non-hydrogen) atoms. The van der Waals surface area contributed by atoms with E-state index in [1.165, 1.54) is 18.5 Å². The van der Waals surface area contributed by atoms with E-state index in [0.29, 0.717) is 6.04 Å². The maximum Gasteiger partial charge on any atom is 0.0234 e. The summed E-state index contributed by atoms with van der Waals surface area (Å²) in [5.74, 6) is 1.53. The summed E-state index contributed by atoms with van der Waals surface area (Å²) in [6.45, 7) is 12.6. The Morgan fingerprint density at radius 1 is 1.05 bits per heavy atom. The smallest absolute Gasteiger partial charge is 0.0234 e. The van der Waals surface area contributed by atoms with E-state index in [9.17, 15) is 0 Å². The third-order valence-corrected chi connectivity index (χ3v) is 4.23. The summed E-state index contributed by atoms with van der Waals surface area (Å²) in [5.41, 5.74) is 1.41. The van der Waals surface area contributed by atoms with Crippen LogP contribution in [0.25, 0.3) is 0 Å². The van der Waals surface area contributed by atoms with Gasteiger partial charge in [0.1, 0.15) is 0 Å². The molecule has 0 saturated carbocycles. The van der Waals surface area contributed by atoms with Crippen LogP contribution in [0, 0.1) is 11.8 Å². The van der Waals surface area contributed by atoms with Gasteiger partial charge in [-0.2, -0.15) is 0 Å². The van der Waals surface area contributed by atoms with Crippen molar-refractivity contribution in [1.29, 1.82) is 0 Å². The quantitative estimate of drug-likeness (QED) is 0.738. The number of nitrogens with zero attached hydrogens (tertiary/aromatic N) is 1. The highest BCUT2D eigenvalue weighted by Crippen LogP contribution is 2.18. The Bertz CT molecular complexity index is 348. The summed E-state index contributed by atoms with van der Waals surface area (Å²) in [5, 5.41) is 3.36. The molecule has 0 spiro atoms. The molecule has 2 atom stereocenters. The molecule has 0 saturated heterocycles. The minimum absolute atomic E-state index is 0.531. The fraction of sp³-hybridized carbons (Fsp3) is 0.667. The highest BCUT2D eigenvalue weighted by Gasteiger charge is 2.17. The van der Waals surface area contributed by atoms with Gasteiger partial charge in [-0.3, -0.25) is 4.90 Å².